The lowest BCUT2D eigenvalue weighted by Gasteiger charge is -2.38. The number of halogens is 1. The first-order valence-corrected chi connectivity index (χ1v) is 12.5. The highest BCUT2D eigenvalue weighted by molar-refractivity contribution is 7.91. The van der Waals surface area contributed by atoms with Crippen LogP contribution < -0.4 is 5.73 Å². The molecule has 31 heavy (non-hydrogen) atoms. The third-order valence-corrected chi connectivity index (χ3v) is 9.34. The Morgan fingerprint density at radius 3 is 2.35 bits per heavy atom. The summed E-state index contributed by atoms with van der Waals surface area (Å²) in [5.74, 6) is -0.588. The Bertz CT molecular complexity index is 1100. The van der Waals surface area contributed by atoms with Crippen molar-refractivity contribution >= 4 is 44.8 Å². The lowest BCUT2D eigenvalue weighted by Crippen LogP contribution is -2.55. The lowest BCUT2D eigenvalue weighted by molar-refractivity contribution is -0.136. The number of hydrogen-bond donors (Lipinski definition) is 1. The minimum absolute atomic E-state index is 0.0647. The van der Waals surface area contributed by atoms with Gasteiger partial charge in [0, 0.05) is 32.7 Å². The zero-order chi connectivity index (χ0) is 22.2. The predicted octanol–water partition coefficient (Wildman–Crippen LogP) is 1.15. The summed E-state index contributed by atoms with van der Waals surface area (Å²) in [4.78, 5) is 28.4. The molecule has 11 heteroatoms. The quantitative estimate of drug-likeness (QED) is 0.688. The molecule has 1 fully saturated rings. The number of nitrogens with two attached hydrogens (primary N) is 1. The number of carbonyl (C=O) groups is 2. The molecule has 2 N–H and O–H groups in total. The van der Waals surface area contributed by atoms with Crippen molar-refractivity contribution in [2.75, 3.05) is 32.7 Å². The number of thiophene rings is 1. The van der Waals surface area contributed by atoms with Gasteiger partial charge in [-0.15, -0.1) is 11.3 Å². The van der Waals surface area contributed by atoms with E-state index < -0.39 is 22.0 Å². The molecular formula is C20H23ClN4O4S2. The fourth-order valence-electron chi connectivity index (χ4n) is 4.04. The molecule has 0 radical (unpaired) electrons. The molecule has 0 saturated carbocycles. The standard InChI is InChI=1S/C20H23ClN4O4S2/c21-17-5-6-19(30-17)31(28,29)25-9-7-23(8-10-25)18(26)13-24-12-15-4-2-1-3-14(15)11-16(24)20(22)27/h1-6,16H,7-13H2,(H2,22,27)/t16-/m0/s1. The zero-order valence-electron chi connectivity index (χ0n) is 16.7. The zero-order valence-corrected chi connectivity index (χ0v) is 19.1. The molecule has 3 heterocycles. The van der Waals surface area contributed by atoms with Gasteiger partial charge in [-0.2, -0.15) is 4.31 Å². The van der Waals surface area contributed by atoms with Gasteiger partial charge in [0.2, 0.25) is 11.8 Å². The van der Waals surface area contributed by atoms with Gasteiger partial charge in [0.15, 0.2) is 0 Å². The Labute approximate surface area is 190 Å². The van der Waals surface area contributed by atoms with E-state index in [2.05, 4.69) is 0 Å². The first kappa shape index (κ1) is 22.2. The van der Waals surface area contributed by atoms with Gasteiger partial charge in [-0.3, -0.25) is 14.5 Å². The first-order valence-electron chi connectivity index (χ1n) is 9.89. The Kier molecular flexibility index (Phi) is 6.36. The molecule has 0 unspecified atom stereocenters. The molecule has 2 aromatic rings. The SMILES string of the molecule is NC(=O)[C@@H]1Cc2ccccc2CN1CC(=O)N1CCN(S(=O)(=O)c2ccc(Cl)s2)CC1. The highest BCUT2D eigenvalue weighted by Gasteiger charge is 2.34. The molecule has 2 aliphatic heterocycles. The van der Waals surface area contributed by atoms with Crippen molar-refractivity contribution in [2.24, 2.45) is 5.73 Å². The molecule has 1 atom stereocenters. The summed E-state index contributed by atoms with van der Waals surface area (Å²) in [6, 6.07) is 10.3. The largest absolute Gasteiger partial charge is 0.368 e. The maximum atomic E-state index is 12.9. The van der Waals surface area contributed by atoms with E-state index in [9.17, 15) is 18.0 Å². The number of sulfonamides is 1. The molecule has 1 aromatic carbocycles. The van der Waals surface area contributed by atoms with Crippen LogP contribution in [0.4, 0.5) is 0 Å². The average molecular weight is 483 g/mol. The Balaban J connectivity index is 1.39. The molecule has 4 rings (SSSR count). The summed E-state index contributed by atoms with van der Waals surface area (Å²) >= 11 is 6.89. The van der Waals surface area contributed by atoms with Crippen LogP contribution in [-0.2, 0) is 32.6 Å². The van der Waals surface area contributed by atoms with Crippen LogP contribution in [-0.4, -0.2) is 73.1 Å². The van der Waals surface area contributed by atoms with Crippen molar-refractivity contribution < 1.29 is 18.0 Å². The van der Waals surface area contributed by atoms with Crippen LogP contribution >= 0.6 is 22.9 Å². The summed E-state index contributed by atoms with van der Waals surface area (Å²) < 4.78 is 27.5. The van der Waals surface area contributed by atoms with Crippen LogP contribution in [0.2, 0.25) is 4.34 Å². The number of hydrogen-bond acceptors (Lipinski definition) is 6. The molecule has 2 amide bonds. The van der Waals surface area contributed by atoms with Crippen LogP contribution in [0.5, 0.6) is 0 Å². The molecule has 1 aromatic heterocycles. The number of fused-ring (bicyclic) bond motifs is 1. The topological polar surface area (TPSA) is 104 Å². The summed E-state index contributed by atoms with van der Waals surface area (Å²) in [7, 11) is -3.61. The fraction of sp³-hybridized carbons (Fsp3) is 0.400. The van der Waals surface area contributed by atoms with E-state index >= 15 is 0 Å². The van der Waals surface area contributed by atoms with Gasteiger partial charge >= 0.3 is 0 Å². The van der Waals surface area contributed by atoms with Crippen LogP contribution in [0.1, 0.15) is 11.1 Å². The van der Waals surface area contributed by atoms with E-state index in [1.165, 1.54) is 10.4 Å². The number of primary amides is 1. The number of rotatable bonds is 5. The van der Waals surface area contributed by atoms with E-state index in [1.54, 1.807) is 11.0 Å². The third kappa shape index (κ3) is 4.63. The van der Waals surface area contributed by atoms with Crippen molar-refractivity contribution in [1.29, 1.82) is 0 Å². The van der Waals surface area contributed by atoms with E-state index in [1.807, 2.05) is 29.2 Å². The molecule has 8 nitrogen and oxygen atoms in total. The summed E-state index contributed by atoms with van der Waals surface area (Å²) in [6.07, 6.45) is 0.480. The summed E-state index contributed by atoms with van der Waals surface area (Å²) in [6.45, 7) is 1.56. The summed E-state index contributed by atoms with van der Waals surface area (Å²) in [5, 5.41) is 0. The van der Waals surface area contributed by atoms with Crippen molar-refractivity contribution in [2.45, 2.75) is 23.2 Å². The van der Waals surface area contributed by atoms with Crippen LogP contribution in [0.3, 0.4) is 0 Å². The van der Waals surface area contributed by atoms with Crippen molar-refractivity contribution in [3.05, 3.63) is 51.9 Å². The van der Waals surface area contributed by atoms with Crippen LogP contribution in [0, 0.1) is 0 Å². The van der Waals surface area contributed by atoms with Gasteiger partial charge in [-0.05, 0) is 29.7 Å². The average Bonchev–Trinajstić information content (AvgIpc) is 3.20. The van der Waals surface area contributed by atoms with Crippen molar-refractivity contribution in [3.63, 3.8) is 0 Å². The Morgan fingerprint density at radius 2 is 1.74 bits per heavy atom. The molecule has 0 spiro atoms. The van der Waals surface area contributed by atoms with Gasteiger partial charge in [0.25, 0.3) is 10.0 Å². The van der Waals surface area contributed by atoms with Crippen molar-refractivity contribution in [1.82, 2.24) is 14.1 Å². The minimum atomic E-state index is -3.61. The highest BCUT2D eigenvalue weighted by atomic mass is 35.5. The van der Waals surface area contributed by atoms with Gasteiger partial charge in [0.1, 0.15) is 4.21 Å². The van der Waals surface area contributed by atoms with E-state index in [0.29, 0.717) is 30.4 Å². The second-order valence-corrected chi connectivity index (χ2v) is 11.5. The van der Waals surface area contributed by atoms with E-state index in [4.69, 9.17) is 17.3 Å². The Hall–Kier alpha value is -1.98. The minimum Gasteiger partial charge on any atom is -0.368 e. The van der Waals surface area contributed by atoms with Gasteiger partial charge < -0.3 is 10.6 Å². The molecule has 0 bridgehead atoms. The molecule has 1 saturated heterocycles. The molecular weight excluding hydrogens is 460 g/mol. The number of benzene rings is 1. The molecule has 0 aliphatic carbocycles. The number of amides is 2. The third-order valence-electron chi connectivity index (χ3n) is 5.75. The Morgan fingerprint density at radius 1 is 1.06 bits per heavy atom. The molecule has 2 aliphatic rings. The normalized spacial score (nSPS) is 20.4. The monoisotopic (exact) mass is 482 g/mol. The smallest absolute Gasteiger partial charge is 0.252 e. The highest BCUT2D eigenvalue weighted by Crippen LogP contribution is 2.29. The van der Waals surface area contributed by atoms with E-state index in [0.717, 1.165) is 22.5 Å². The van der Waals surface area contributed by atoms with Crippen LogP contribution in [0.15, 0.2) is 40.6 Å². The lowest BCUT2D eigenvalue weighted by atomic mass is 9.93. The molecule has 166 valence electrons. The van der Waals surface area contributed by atoms with E-state index in [-0.39, 0.29) is 29.8 Å². The first-order chi connectivity index (χ1) is 14.8. The second-order valence-electron chi connectivity index (χ2n) is 7.64. The number of piperazine rings is 1. The van der Waals surface area contributed by atoms with Crippen molar-refractivity contribution in [3.8, 4) is 0 Å². The van der Waals surface area contributed by atoms with Gasteiger partial charge in [-0.1, -0.05) is 35.9 Å². The fourth-order valence-corrected chi connectivity index (χ4v) is 7.10. The summed E-state index contributed by atoms with van der Waals surface area (Å²) in [5.41, 5.74) is 7.76. The predicted molar refractivity (Wildman–Crippen MR) is 118 cm³/mol. The number of nitrogens with zero attached hydrogens (tertiary/aromatic N) is 3. The maximum absolute atomic E-state index is 12.9. The van der Waals surface area contributed by atoms with Crippen LogP contribution in [0.25, 0.3) is 0 Å². The second kappa shape index (κ2) is 8.87. The van der Waals surface area contributed by atoms with Gasteiger partial charge in [0.05, 0.1) is 16.9 Å². The number of carbonyl (C=O) groups excluding carboxylic acids is 2. The maximum Gasteiger partial charge on any atom is 0.252 e. The van der Waals surface area contributed by atoms with Gasteiger partial charge in [-0.25, -0.2) is 8.42 Å².